The third-order valence-electron chi connectivity index (χ3n) is 2.46. The van der Waals surface area contributed by atoms with Gasteiger partial charge in [-0.1, -0.05) is 23.4 Å². The number of thioether (sulfide) groups is 1. The molecule has 0 saturated carbocycles. The van der Waals surface area contributed by atoms with E-state index in [-0.39, 0.29) is 5.69 Å². The van der Waals surface area contributed by atoms with Gasteiger partial charge < -0.3 is 5.73 Å². The molecule has 0 saturated heterocycles. The maximum absolute atomic E-state index is 10.6. The molecule has 2 rings (SSSR count). The Morgan fingerprint density at radius 3 is 2.75 bits per heavy atom. The summed E-state index contributed by atoms with van der Waals surface area (Å²) in [6.07, 6.45) is 0. The average Bonchev–Trinajstić information content (AvgIpc) is 2.36. The van der Waals surface area contributed by atoms with Crippen LogP contribution in [0.3, 0.4) is 0 Å². The highest BCUT2D eigenvalue weighted by atomic mass is 35.5. The zero-order valence-electron chi connectivity index (χ0n) is 10.5. The van der Waals surface area contributed by atoms with Crippen LogP contribution in [-0.2, 0) is 5.75 Å². The second kappa shape index (κ2) is 6.06. The lowest BCUT2D eigenvalue weighted by Gasteiger charge is -2.05. The van der Waals surface area contributed by atoms with Gasteiger partial charge in [0.05, 0.1) is 9.95 Å². The quantitative estimate of drug-likeness (QED) is 0.403. The predicted molar refractivity (Wildman–Crippen MR) is 78.8 cm³/mol. The fourth-order valence-corrected chi connectivity index (χ4v) is 2.77. The van der Waals surface area contributed by atoms with Crippen LogP contribution in [0.5, 0.6) is 0 Å². The van der Waals surface area contributed by atoms with Crippen LogP contribution in [0.25, 0.3) is 0 Å². The van der Waals surface area contributed by atoms with Crippen molar-refractivity contribution in [1.29, 1.82) is 0 Å². The van der Waals surface area contributed by atoms with Crippen LogP contribution >= 0.6 is 23.4 Å². The number of nitrogen functional groups attached to an aromatic ring is 1. The molecule has 0 fully saturated rings. The Morgan fingerprint density at radius 1 is 1.40 bits per heavy atom. The number of benzene rings is 1. The summed E-state index contributed by atoms with van der Waals surface area (Å²) < 4.78 is 0. The number of halogens is 1. The monoisotopic (exact) mass is 310 g/mol. The molecule has 0 radical (unpaired) electrons. The highest BCUT2D eigenvalue weighted by molar-refractivity contribution is 7.98. The van der Waals surface area contributed by atoms with Crippen LogP contribution in [0.2, 0.25) is 5.02 Å². The van der Waals surface area contributed by atoms with Crippen molar-refractivity contribution in [3.8, 4) is 0 Å². The van der Waals surface area contributed by atoms with E-state index in [0.29, 0.717) is 21.7 Å². The Bertz CT molecular complexity index is 646. The van der Waals surface area contributed by atoms with E-state index in [1.807, 2.05) is 6.92 Å². The van der Waals surface area contributed by atoms with E-state index < -0.39 is 4.92 Å². The number of nitrogens with two attached hydrogens (primary N) is 1. The van der Waals surface area contributed by atoms with Crippen LogP contribution in [0.15, 0.2) is 29.4 Å². The van der Waals surface area contributed by atoms with Gasteiger partial charge in [-0.15, -0.1) is 0 Å². The number of hydrogen-bond donors (Lipinski definition) is 1. The van der Waals surface area contributed by atoms with E-state index in [2.05, 4.69) is 9.97 Å². The van der Waals surface area contributed by atoms with Crippen molar-refractivity contribution in [2.45, 2.75) is 17.8 Å². The van der Waals surface area contributed by atoms with Crippen molar-refractivity contribution < 1.29 is 4.92 Å². The second-order valence-electron chi connectivity index (χ2n) is 4.04. The molecule has 0 unspecified atom stereocenters. The first kappa shape index (κ1) is 14.5. The molecule has 1 aromatic carbocycles. The van der Waals surface area contributed by atoms with E-state index in [1.54, 1.807) is 12.1 Å². The van der Waals surface area contributed by atoms with Crippen molar-refractivity contribution in [3.05, 3.63) is 50.7 Å². The molecule has 0 aliphatic carbocycles. The molecule has 1 aromatic heterocycles. The van der Waals surface area contributed by atoms with E-state index >= 15 is 0 Å². The summed E-state index contributed by atoms with van der Waals surface area (Å²) in [6.45, 7) is 1.83. The number of hydrogen-bond acceptors (Lipinski definition) is 6. The zero-order chi connectivity index (χ0) is 14.7. The van der Waals surface area contributed by atoms with Gasteiger partial charge in [0, 0.05) is 29.6 Å². The summed E-state index contributed by atoms with van der Waals surface area (Å²) in [6, 6.07) is 6.08. The van der Waals surface area contributed by atoms with E-state index in [4.69, 9.17) is 17.3 Å². The van der Waals surface area contributed by atoms with Crippen LogP contribution in [0.4, 0.5) is 11.5 Å². The van der Waals surface area contributed by atoms with Crippen LogP contribution in [-0.4, -0.2) is 14.9 Å². The molecule has 0 bridgehead atoms. The smallest absolute Gasteiger partial charge is 0.270 e. The first-order valence-electron chi connectivity index (χ1n) is 5.62. The van der Waals surface area contributed by atoms with E-state index in [9.17, 15) is 10.1 Å². The number of aryl methyl sites for hydroxylation is 1. The van der Waals surface area contributed by atoms with Gasteiger partial charge in [-0.2, -0.15) is 0 Å². The third-order valence-corrected chi connectivity index (χ3v) is 3.71. The zero-order valence-corrected chi connectivity index (χ0v) is 12.1. The number of non-ortho nitro benzene ring substituents is 1. The molecule has 6 nitrogen and oxygen atoms in total. The maximum atomic E-state index is 10.6. The molecule has 0 amide bonds. The minimum atomic E-state index is -0.479. The summed E-state index contributed by atoms with van der Waals surface area (Å²) in [7, 11) is 0. The van der Waals surface area contributed by atoms with Gasteiger partial charge in [0.25, 0.3) is 5.69 Å². The highest BCUT2D eigenvalue weighted by Crippen LogP contribution is 2.28. The number of nitrogens with zero attached hydrogens (tertiary/aromatic N) is 3. The van der Waals surface area contributed by atoms with E-state index in [0.717, 1.165) is 11.3 Å². The second-order valence-corrected chi connectivity index (χ2v) is 5.39. The molecular formula is C12H11ClN4O2S. The van der Waals surface area contributed by atoms with Crippen molar-refractivity contribution in [3.63, 3.8) is 0 Å². The lowest BCUT2D eigenvalue weighted by Crippen LogP contribution is -1.97. The highest BCUT2D eigenvalue weighted by Gasteiger charge is 2.10. The Kier molecular flexibility index (Phi) is 4.41. The van der Waals surface area contributed by atoms with E-state index in [1.165, 1.54) is 23.9 Å². The Morgan fingerprint density at radius 2 is 2.15 bits per heavy atom. The van der Waals surface area contributed by atoms with Crippen molar-refractivity contribution in [2.24, 2.45) is 0 Å². The van der Waals surface area contributed by atoms with Crippen molar-refractivity contribution >= 4 is 34.9 Å². The van der Waals surface area contributed by atoms with Gasteiger partial charge in [-0.3, -0.25) is 10.1 Å². The maximum Gasteiger partial charge on any atom is 0.270 e. The number of aromatic nitrogens is 2. The minimum absolute atomic E-state index is 0.0280. The van der Waals surface area contributed by atoms with Gasteiger partial charge >= 0.3 is 0 Å². The summed E-state index contributed by atoms with van der Waals surface area (Å²) in [4.78, 5) is 18.5. The lowest BCUT2D eigenvalue weighted by molar-refractivity contribution is -0.384. The summed E-state index contributed by atoms with van der Waals surface area (Å²) in [5.41, 5.74) is 7.19. The van der Waals surface area contributed by atoms with Gasteiger partial charge in [0.1, 0.15) is 5.82 Å². The summed E-state index contributed by atoms with van der Waals surface area (Å²) >= 11 is 7.39. The normalized spacial score (nSPS) is 10.5. The molecular weight excluding hydrogens is 300 g/mol. The first-order chi connectivity index (χ1) is 9.45. The fraction of sp³-hybridized carbons (Fsp3) is 0.167. The van der Waals surface area contributed by atoms with Crippen LogP contribution in [0.1, 0.15) is 11.3 Å². The largest absolute Gasteiger partial charge is 0.384 e. The molecule has 0 atom stereocenters. The predicted octanol–water partition coefficient (Wildman–Crippen LogP) is 3.22. The molecule has 0 aliphatic rings. The number of rotatable bonds is 4. The fourth-order valence-electron chi connectivity index (χ4n) is 1.54. The molecule has 0 aliphatic heterocycles. The van der Waals surface area contributed by atoms with Crippen LogP contribution < -0.4 is 5.73 Å². The standard InChI is InChI=1S/C12H11ClN4O2S/c1-7-4-11(14)16-12(15-7)20-6-8-2-3-9(17(18)19)5-10(8)13/h2-5H,6H2,1H3,(H2,14,15,16). The van der Waals surface area contributed by atoms with Gasteiger partial charge in [-0.25, -0.2) is 9.97 Å². The number of anilines is 1. The minimum Gasteiger partial charge on any atom is -0.384 e. The Hall–Kier alpha value is -1.86. The third kappa shape index (κ3) is 3.58. The van der Waals surface area contributed by atoms with Gasteiger partial charge in [0.15, 0.2) is 5.16 Å². The van der Waals surface area contributed by atoms with Gasteiger partial charge in [-0.05, 0) is 18.6 Å². The molecule has 0 spiro atoms. The molecule has 20 heavy (non-hydrogen) atoms. The number of nitro benzene ring substituents is 1. The topological polar surface area (TPSA) is 94.9 Å². The SMILES string of the molecule is Cc1cc(N)nc(SCc2ccc([N+](=O)[O-])cc2Cl)n1. The summed E-state index contributed by atoms with van der Waals surface area (Å²) in [5.74, 6) is 0.925. The molecule has 1 heterocycles. The lowest BCUT2D eigenvalue weighted by atomic mass is 10.2. The Labute approximate surface area is 124 Å². The van der Waals surface area contributed by atoms with Crippen molar-refractivity contribution in [2.75, 3.05) is 5.73 Å². The van der Waals surface area contributed by atoms with Crippen LogP contribution in [0, 0.1) is 17.0 Å². The van der Waals surface area contributed by atoms with Crippen molar-refractivity contribution in [1.82, 2.24) is 9.97 Å². The molecule has 2 N–H and O–H groups in total. The first-order valence-corrected chi connectivity index (χ1v) is 6.99. The summed E-state index contributed by atoms with van der Waals surface area (Å²) in [5, 5.41) is 11.5. The average molecular weight is 311 g/mol. The number of nitro groups is 1. The molecule has 104 valence electrons. The van der Waals surface area contributed by atoms with Gasteiger partial charge in [0.2, 0.25) is 0 Å². The Balaban J connectivity index is 2.12. The molecule has 2 aromatic rings. The molecule has 8 heteroatoms.